The van der Waals surface area contributed by atoms with Gasteiger partial charge in [-0.3, -0.25) is 4.79 Å². The van der Waals surface area contributed by atoms with E-state index in [0.29, 0.717) is 6.42 Å². The molecule has 2 aromatic rings. The number of hydrogen-bond donors (Lipinski definition) is 1. The van der Waals surface area contributed by atoms with E-state index in [9.17, 15) is 4.79 Å². The van der Waals surface area contributed by atoms with Crippen LogP contribution in [0.4, 0.5) is 5.69 Å². The SMILES string of the molecule is CCCOc1ccc(C=CC23NC(=O)CCN2c2ccccc2C3(C)C)cc1. The molecule has 2 aromatic carbocycles. The number of ether oxygens (including phenoxy) is 1. The van der Waals surface area contributed by atoms with Gasteiger partial charge in [0, 0.05) is 24.1 Å². The molecule has 2 aliphatic heterocycles. The lowest BCUT2D eigenvalue weighted by Gasteiger charge is -2.49. The van der Waals surface area contributed by atoms with Crippen LogP contribution >= 0.6 is 0 Å². The molecule has 146 valence electrons. The van der Waals surface area contributed by atoms with Gasteiger partial charge in [0.15, 0.2) is 0 Å². The average molecular weight is 377 g/mol. The van der Waals surface area contributed by atoms with E-state index in [0.717, 1.165) is 30.9 Å². The molecule has 0 spiro atoms. The Bertz CT molecular complexity index is 901. The number of anilines is 1. The van der Waals surface area contributed by atoms with Gasteiger partial charge in [0.1, 0.15) is 11.4 Å². The minimum absolute atomic E-state index is 0.102. The highest BCUT2D eigenvalue weighted by Gasteiger charge is 2.57. The van der Waals surface area contributed by atoms with Gasteiger partial charge < -0.3 is 15.0 Å². The second-order valence-electron chi connectivity index (χ2n) is 8.11. The van der Waals surface area contributed by atoms with Gasteiger partial charge in [-0.25, -0.2) is 0 Å². The zero-order valence-corrected chi connectivity index (χ0v) is 16.9. The molecule has 1 fully saturated rings. The van der Waals surface area contributed by atoms with Crippen molar-refractivity contribution in [1.82, 2.24) is 5.32 Å². The number of benzene rings is 2. The quantitative estimate of drug-likeness (QED) is 0.835. The monoisotopic (exact) mass is 376 g/mol. The van der Waals surface area contributed by atoms with Crippen LogP contribution in [0.2, 0.25) is 0 Å². The Morgan fingerprint density at radius 3 is 2.64 bits per heavy atom. The van der Waals surface area contributed by atoms with Crippen molar-refractivity contribution in [3.8, 4) is 5.75 Å². The van der Waals surface area contributed by atoms with E-state index in [2.05, 4.69) is 79.5 Å². The standard InChI is InChI=1S/C24H28N2O2/c1-4-17-28-19-11-9-18(10-12-19)13-15-24-23(2,3)20-7-5-6-8-21(20)26(24)16-14-22(27)25-24/h5-13,15H,4,14,16-17H2,1-3H3,(H,25,27). The summed E-state index contributed by atoms with van der Waals surface area (Å²) in [7, 11) is 0. The summed E-state index contributed by atoms with van der Waals surface area (Å²) in [5, 5.41) is 3.31. The van der Waals surface area contributed by atoms with Crippen LogP contribution in [0.15, 0.2) is 54.6 Å². The Hall–Kier alpha value is -2.75. The lowest BCUT2D eigenvalue weighted by Crippen LogP contribution is -2.68. The predicted molar refractivity (Wildman–Crippen MR) is 114 cm³/mol. The van der Waals surface area contributed by atoms with Crippen LogP contribution in [0, 0.1) is 0 Å². The second-order valence-corrected chi connectivity index (χ2v) is 8.11. The molecule has 1 unspecified atom stereocenters. The molecule has 1 N–H and O–H groups in total. The summed E-state index contributed by atoms with van der Waals surface area (Å²) in [6.07, 6.45) is 5.78. The molecular formula is C24H28N2O2. The summed E-state index contributed by atoms with van der Waals surface area (Å²) in [4.78, 5) is 14.8. The van der Waals surface area contributed by atoms with Gasteiger partial charge in [-0.05, 0) is 41.8 Å². The van der Waals surface area contributed by atoms with Gasteiger partial charge in [0.25, 0.3) is 0 Å². The van der Waals surface area contributed by atoms with E-state index in [1.807, 2.05) is 12.1 Å². The van der Waals surface area contributed by atoms with Gasteiger partial charge >= 0.3 is 0 Å². The van der Waals surface area contributed by atoms with Gasteiger partial charge in [-0.2, -0.15) is 0 Å². The number of nitrogens with zero attached hydrogens (tertiary/aromatic N) is 1. The third-order valence-corrected chi connectivity index (χ3v) is 6.01. The molecule has 28 heavy (non-hydrogen) atoms. The molecule has 1 amide bonds. The van der Waals surface area contributed by atoms with E-state index in [1.165, 1.54) is 11.3 Å². The molecule has 0 bridgehead atoms. The van der Waals surface area contributed by atoms with Gasteiger partial charge in [0.2, 0.25) is 5.91 Å². The molecule has 0 aromatic heterocycles. The molecule has 2 aliphatic rings. The zero-order valence-electron chi connectivity index (χ0n) is 16.9. The Kier molecular flexibility index (Phi) is 4.66. The first-order chi connectivity index (χ1) is 13.5. The van der Waals surface area contributed by atoms with E-state index >= 15 is 0 Å². The normalized spacial score (nSPS) is 22.7. The number of nitrogens with one attached hydrogen (secondary N) is 1. The first-order valence-corrected chi connectivity index (χ1v) is 10.1. The summed E-state index contributed by atoms with van der Waals surface area (Å²) in [5.74, 6) is 0.989. The van der Waals surface area contributed by atoms with Crippen molar-refractivity contribution in [1.29, 1.82) is 0 Å². The first-order valence-electron chi connectivity index (χ1n) is 10.1. The van der Waals surface area contributed by atoms with E-state index < -0.39 is 5.66 Å². The van der Waals surface area contributed by atoms with E-state index in [4.69, 9.17) is 4.74 Å². The van der Waals surface area contributed by atoms with Crippen molar-refractivity contribution < 1.29 is 9.53 Å². The Morgan fingerprint density at radius 1 is 1.14 bits per heavy atom. The van der Waals surface area contributed by atoms with Crippen molar-refractivity contribution in [3.63, 3.8) is 0 Å². The molecule has 0 saturated carbocycles. The number of fused-ring (bicyclic) bond motifs is 3. The third kappa shape index (κ3) is 2.88. The van der Waals surface area contributed by atoms with Crippen LogP contribution in [0.3, 0.4) is 0 Å². The van der Waals surface area contributed by atoms with Crippen LogP contribution in [0.1, 0.15) is 44.7 Å². The van der Waals surface area contributed by atoms with Crippen molar-refractivity contribution in [2.45, 2.75) is 44.7 Å². The third-order valence-electron chi connectivity index (χ3n) is 6.01. The number of carbonyl (C=O) groups excluding carboxylic acids is 1. The van der Waals surface area contributed by atoms with Gasteiger partial charge in [0.05, 0.1) is 6.61 Å². The highest BCUT2D eigenvalue weighted by atomic mass is 16.5. The summed E-state index contributed by atoms with van der Waals surface area (Å²) in [6.45, 7) is 7.97. The largest absolute Gasteiger partial charge is 0.494 e. The highest BCUT2D eigenvalue weighted by Crippen LogP contribution is 2.52. The molecule has 4 rings (SSSR count). The highest BCUT2D eigenvalue weighted by molar-refractivity contribution is 5.84. The van der Waals surface area contributed by atoms with Crippen molar-refractivity contribution in [2.24, 2.45) is 0 Å². The number of rotatable bonds is 5. The molecule has 1 saturated heterocycles. The average Bonchev–Trinajstić information content (AvgIpc) is 2.90. The van der Waals surface area contributed by atoms with Crippen LogP contribution < -0.4 is 15.0 Å². The molecule has 2 heterocycles. The van der Waals surface area contributed by atoms with Crippen LogP contribution in [0.25, 0.3) is 6.08 Å². The summed E-state index contributed by atoms with van der Waals surface area (Å²) < 4.78 is 5.67. The lowest BCUT2D eigenvalue weighted by molar-refractivity contribution is -0.124. The maximum absolute atomic E-state index is 12.4. The molecule has 4 nitrogen and oxygen atoms in total. The summed E-state index contributed by atoms with van der Waals surface area (Å²) in [6, 6.07) is 16.6. The zero-order chi connectivity index (χ0) is 19.8. The van der Waals surface area contributed by atoms with Crippen molar-refractivity contribution in [3.05, 3.63) is 65.7 Å². The maximum Gasteiger partial charge on any atom is 0.223 e. The molecule has 1 atom stereocenters. The molecule has 0 aliphatic carbocycles. The number of amides is 1. The maximum atomic E-state index is 12.4. The Labute approximate surface area is 167 Å². The molecule has 4 heteroatoms. The smallest absolute Gasteiger partial charge is 0.223 e. The predicted octanol–water partition coefficient (Wildman–Crippen LogP) is 4.50. The fraction of sp³-hybridized carbons (Fsp3) is 0.375. The van der Waals surface area contributed by atoms with Crippen LogP contribution in [-0.4, -0.2) is 24.7 Å². The van der Waals surface area contributed by atoms with Crippen LogP contribution in [-0.2, 0) is 10.2 Å². The minimum Gasteiger partial charge on any atom is -0.494 e. The number of carbonyl (C=O) groups is 1. The second kappa shape index (κ2) is 7.01. The first kappa shape index (κ1) is 18.6. The van der Waals surface area contributed by atoms with Crippen molar-refractivity contribution >= 4 is 17.7 Å². The fourth-order valence-electron chi connectivity index (χ4n) is 4.43. The summed E-state index contributed by atoms with van der Waals surface area (Å²) >= 11 is 0. The minimum atomic E-state index is -0.566. The van der Waals surface area contributed by atoms with Crippen LogP contribution in [0.5, 0.6) is 5.75 Å². The lowest BCUT2D eigenvalue weighted by atomic mass is 9.74. The topological polar surface area (TPSA) is 41.6 Å². The molecule has 0 radical (unpaired) electrons. The number of hydrogen-bond acceptors (Lipinski definition) is 3. The van der Waals surface area contributed by atoms with Crippen molar-refractivity contribution in [2.75, 3.05) is 18.1 Å². The Balaban J connectivity index is 1.69. The number of para-hydroxylation sites is 1. The van der Waals surface area contributed by atoms with E-state index in [-0.39, 0.29) is 11.3 Å². The van der Waals surface area contributed by atoms with E-state index in [1.54, 1.807) is 0 Å². The Morgan fingerprint density at radius 2 is 1.89 bits per heavy atom. The molecular weight excluding hydrogens is 348 g/mol. The summed E-state index contributed by atoms with van der Waals surface area (Å²) in [5.41, 5.74) is 2.75. The van der Waals surface area contributed by atoms with Gasteiger partial charge in [-0.1, -0.05) is 57.2 Å². The van der Waals surface area contributed by atoms with Gasteiger partial charge in [-0.15, -0.1) is 0 Å². The fourth-order valence-corrected chi connectivity index (χ4v) is 4.43.